The minimum atomic E-state index is -1.19. The highest BCUT2D eigenvalue weighted by molar-refractivity contribution is 5.71. The predicted molar refractivity (Wildman–Crippen MR) is 124 cm³/mol. The van der Waals surface area contributed by atoms with Crippen molar-refractivity contribution in [1.82, 2.24) is 4.90 Å². The van der Waals surface area contributed by atoms with Crippen LogP contribution in [0.4, 0.5) is 4.79 Å². The molecule has 7 rings (SSSR count). The molecule has 3 aromatic rings. The molecule has 3 aromatic carbocycles. The van der Waals surface area contributed by atoms with Crippen LogP contribution in [0.15, 0.2) is 54.6 Å². The Hall–Kier alpha value is -3.95. The maximum Gasteiger partial charge on any atom is 0.410 e. The summed E-state index contributed by atoms with van der Waals surface area (Å²) in [5.74, 6) is 1.53. The largest absolute Gasteiger partial charge is 0.454 e. The molecular formula is C27H23NO8. The molecule has 0 bridgehead atoms. The number of hydrogen-bond donors (Lipinski definition) is 2. The summed E-state index contributed by atoms with van der Waals surface area (Å²) >= 11 is 0. The van der Waals surface area contributed by atoms with Crippen molar-refractivity contribution in [2.75, 3.05) is 13.6 Å². The first-order chi connectivity index (χ1) is 17.6. The van der Waals surface area contributed by atoms with E-state index in [1.54, 1.807) is 23.1 Å². The second-order valence-electron chi connectivity index (χ2n) is 9.28. The van der Waals surface area contributed by atoms with E-state index >= 15 is 0 Å². The van der Waals surface area contributed by atoms with E-state index in [0.717, 1.165) is 16.7 Å². The van der Waals surface area contributed by atoms with Crippen molar-refractivity contribution in [2.24, 2.45) is 0 Å². The van der Waals surface area contributed by atoms with Crippen LogP contribution >= 0.6 is 0 Å². The van der Waals surface area contributed by atoms with E-state index in [1.165, 1.54) is 0 Å². The fourth-order valence-electron chi connectivity index (χ4n) is 5.73. The second-order valence-corrected chi connectivity index (χ2v) is 9.28. The van der Waals surface area contributed by atoms with E-state index in [9.17, 15) is 15.0 Å². The molecule has 4 aliphatic rings. The summed E-state index contributed by atoms with van der Waals surface area (Å²) < 4.78 is 28.1. The van der Waals surface area contributed by atoms with E-state index < -0.39 is 30.3 Å². The number of nitrogens with zero attached hydrogens (tertiary/aromatic N) is 1. The van der Waals surface area contributed by atoms with Crippen molar-refractivity contribution in [2.45, 2.75) is 37.3 Å². The molecule has 1 amide bonds. The minimum Gasteiger partial charge on any atom is -0.454 e. The molecule has 0 aromatic heterocycles. The summed E-state index contributed by atoms with van der Waals surface area (Å²) in [7, 11) is 0. The molecule has 1 aliphatic carbocycles. The Morgan fingerprint density at radius 3 is 2.42 bits per heavy atom. The summed E-state index contributed by atoms with van der Waals surface area (Å²) in [4.78, 5) is 15.2. The summed E-state index contributed by atoms with van der Waals surface area (Å²) in [5.41, 5.74) is 3.57. The van der Waals surface area contributed by atoms with Crippen molar-refractivity contribution in [3.05, 3.63) is 82.4 Å². The zero-order valence-corrected chi connectivity index (χ0v) is 19.1. The second kappa shape index (κ2) is 8.04. The van der Waals surface area contributed by atoms with E-state index in [1.807, 2.05) is 36.4 Å². The lowest BCUT2D eigenvalue weighted by Gasteiger charge is -2.48. The van der Waals surface area contributed by atoms with Crippen molar-refractivity contribution in [1.29, 1.82) is 0 Å². The van der Waals surface area contributed by atoms with Crippen LogP contribution in [-0.2, 0) is 17.9 Å². The molecule has 36 heavy (non-hydrogen) atoms. The molecule has 184 valence electrons. The minimum absolute atomic E-state index is 0.0696. The van der Waals surface area contributed by atoms with Gasteiger partial charge in [-0.2, -0.15) is 0 Å². The van der Waals surface area contributed by atoms with Gasteiger partial charge in [0.2, 0.25) is 13.6 Å². The molecule has 4 atom stereocenters. The Morgan fingerprint density at radius 2 is 1.61 bits per heavy atom. The van der Waals surface area contributed by atoms with Gasteiger partial charge in [0.15, 0.2) is 23.0 Å². The van der Waals surface area contributed by atoms with Crippen molar-refractivity contribution in [3.63, 3.8) is 0 Å². The Kier molecular flexibility index (Phi) is 4.77. The fourth-order valence-corrected chi connectivity index (χ4v) is 5.73. The molecular weight excluding hydrogens is 466 g/mol. The third kappa shape index (κ3) is 3.13. The van der Waals surface area contributed by atoms with Gasteiger partial charge < -0.3 is 33.9 Å². The number of amides is 1. The number of fused-ring (bicyclic) bond motifs is 8. The molecule has 9 heteroatoms. The van der Waals surface area contributed by atoms with Crippen LogP contribution in [0.1, 0.15) is 45.9 Å². The fraction of sp³-hybridized carbons (Fsp3) is 0.296. The smallest absolute Gasteiger partial charge is 0.410 e. The molecule has 0 spiro atoms. The Morgan fingerprint density at radius 1 is 0.889 bits per heavy atom. The zero-order valence-electron chi connectivity index (χ0n) is 19.1. The average Bonchev–Trinajstić information content (AvgIpc) is 3.58. The van der Waals surface area contributed by atoms with Crippen LogP contribution in [0.3, 0.4) is 0 Å². The van der Waals surface area contributed by atoms with Crippen molar-refractivity contribution in [3.8, 4) is 23.0 Å². The maximum atomic E-state index is 13.6. The van der Waals surface area contributed by atoms with Gasteiger partial charge >= 0.3 is 6.09 Å². The highest BCUT2D eigenvalue weighted by Crippen LogP contribution is 2.57. The first-order valence-electron chi connectivity index (χ1n) is 11.8. The molecule has 3 heterocycles. The van der Waals surface area contributed by atoms with E-state index in [4.69, 9.17) is 23.7 Å². The third-order valence-electron chi connectivity index (χ3n) is 7.39. The molecule has 3 aliphatic heterocycles. The lowest BCUT2D eigenvalue weighted by Crippen LogP contribution is -2.49. The first-order valence-corrected chi connectivity index (χ1v) is 11.8. The summed E-state index contributed by atoms with van der Waals surface area (Å²) in [6, 6.07) is 16.0. The normalized spacial score (nSPS) is 24.6. The quantitative estimate of drug-likeness (QED) is 0.563. The monoisotopic (exact) mass is 489 g/mol. The van der Waals surface area contributed by atoms with Crippen molar-refractivity contribution >= 4 is 6.09 Å². The van der Waals surface area contributed by atoms with Crippen LogP contribution in [0.25, 0.3) is 0 Å². The van der Waals surface area contributed by atoms with Gasteiger partial charge in [-0.3, -0.25) is 4.90 Å². The molecule has 0 unspecified atom stereocenters. The predicted octanol–water partition coefficient (Wildman–Crippen LogP) is 3.53. The van der Waals surface area contributed by atoms with Gasteiger partial charge in [0.25, 0.3) is 0 Å². The number of carbonyl (C=O) groups is 1. The van der Waals surface area contributed by atoms with Crippen LogP contribution in [0.2, 0.25) is 0 Å². The Labute approximate surface area is 206 Å². The average molecular weight is 489 g/mol. The number of benzene rings is 3. The van der Waals surface area contributed by atoms with Crippen LogP contribution in [-0.4, -0.2) is 40.9 Å². The van der Waals surface area contributed by atoms with Gasteiger partial charge in [0, 0.05) is 11.5 Å². The molecule has 2 N–H and O–H groups in total. The molecule has 0 fully saturated rings. The standard InChI is InChI=1S/C27H23NO8/c29-24-17-9-21-20(34-12-35-21)8-16(17)23-22(25(24)30)15-6-7-19-26(36-13-33-19)18(15)10-28(23)27(31)32-11-14-4-2-1-3-5-14/h1-9,22-25,29-30H,10-13H2/t22-,23-,24-,25-/m1/s1. The summed E-state index contributed by atoms with van der Waals surface area (Å²) in [6.07, 6.45) is -2.91. The highest BCUT2D eigenvalue weighted by Gasteiger charge is 2.51. The van der Waals surface area contributed by atoms with Crippen LogP contribution in [0, 0.1) is 0 Å². The SMILES string of the molecule is O=C(OCc1ccccc1)N1Cc2c(ccc3c2OCO3)[C@H]2[C@@H](O)[C@H](O)c3cc4c(cc3[C@H]21)OCO4. The van der Waals surface area contributed by atoms with Gasteiger partial charge in [0.05, 0.1) is 18.7 Å². The number of carbonyl (C=O) groups excluding carboxylic acids is 1. The topological polar surface area (TPSA) is 107 Å². The number of aliphatic hydroxyl groups is 2. The van der Waals surface area contributed by atoms with E-state index in [-0.39, 0.29) is 26.7 Å². The number of hydrogen-bond acceptors (Lipinski definition) is 8. The van der Waals surface area contributed by atoms with Gasteiger partial charge in [-0.15, -0.1) is 0 Å². The van der Waals surface area contributed by atoms with E-state index in [2.05, 4.69) is 0 Å². The van der Waals surface area contributed by atoms with Gasteiger partial charge in [0.1, 0.15) is 12.7 Å². The molecule has 0 radical (unpaired) electrons. The first kappa shape index (κ1) is 21.3. The summed E-state index contributed by atoms with van der Waals surface area (Å²) in [5, 5.41) is 22.6. The Balaban J connectivity index is 1.35. The molecule has 0 saturated heterocycles. The lowest BCUT2D eigenvalue weighted by molar-refractivity contribution is -0.0415. The zero-order chi connectivity index (χ0) is 24.4. The molecule has 9 nitrogen and oxygen atoms in total. The van der Waals surface area contributed by atoms with Crippen LogP contribution in [0.5, 0.6) is 23.0 Å². The summed E-state index contributed by atoms with van der Waals surface area (Å²) in [6.45, 7) is 0.440. The number of ether oxygens (including phenoxy) is 5. The highest BCUT2D eigenvalue weighted by atomic mass is 16.7. The van der Waals surface area contributed by atoms with Gasteiger partial charge in [-0.1, -0.05) is 36.4 Å². The third-order valence-corrected chi connectivity index (χ3v) is 7.39. The lowest BCUT2D eigenvalue weighted by atomic mass is 9.69. The van der Waals surface area contributed by atoms with Gasteiger partial charge in [-0.25, -0.2) is 4.79 Å². The van der Waals surface area contributed by atoms with E-state index in [0.29, 0.717) is 34.1 Å². The number of rotatable bonds is 2. The molecule has 0 saturated carbocycles. The maximum absolute atomic E-state index is 13.6. The van der Waals surface area contributed by atoms with Crippen molar-refractivity contribution < 1.29 is 38.7 Å². The Bertz CT molecular complexity index is 1360. The van der Waals surface area contributed by atoms with Gasteiger partial charge in [-0.05, 0) is 40.5 Å². The number of aliphatic hydroxyl groups excluding tert-OH is 2. The van der Waals surface area contributed by atoms with Crippen LogP contribution < -0.4 is 18.9 Å².